The zero-order valence-corrected chi connectivity index (χ0v) is 13.0. The van der Waals surface area contributed by atoms with Crippen LogP contribution in [0.2, 0.25) is 0 Å². The van der Waals surface area contributed by atoms with E-state index >= 15 is 0 Å². The highest BCUT2D eigenvalue weighted by atomic mass is 32.1. The van der Waals surface area contributed by atoms with Crippen LogP contribution in [0.1, 0.15) is 5.56 Å². The van der Waals surface area contributed by atoms with Gasteiger partial charge in [-0.15, -0.1) is 0 Å². The van der Waals surface area contributed by atoms with Gasteiger partial charge in [-0.25, -0.2) is 4.98 Å². The van der Waals surface area contributed by atoms with Gasteiger partial charge in [0.1, 0.15) is 5.35 Å². The highest BCUT2D eigenvalue weighted by Crippen LogP contribution is 2.29. The van der Waals surface area contributed by atoms with Crippen molar-refractivity contribution in [1.29, 1.82) is 0 Å². The summed E-state index contributed by atoms with van der Waals surface area (Å²) >= 11 is 1.09. The predicted molar refractivity (Wildman–Crippen MR) is 90.3 cm³/mol. The van der Waals surface area contributed by atoms with Crippen molar-refractivity contribution >= 4 is 33.4 Å². The lowest BCUT2D eigenvalue weighted by Crippen LogP contribution is -2.23. The molecule has 6 heteroatoms. The predicted octanol–water partition coefficient (Wildman–Crippen LogP) is 2.17. The summed E-state index contributed by atoms with van der Waals surface area (Å²) in [6.07, 6.45) is 1.66. The molecule has 2 heterocycles. The lowest BCUT2D eigenvalue weighted by Gasteiger charge is -2.04. The molecule has 5 nitrogen and oxygen atoms in total. The molecule has 0 radical (unpaired) electrons. The van der Waals surface area contributed by atoms with E-state index in [1.54, 1.807) is 24.3 Å². The number of aromatic nitrogens is 2. The third-order valence-electron chi connectivity index (χ3n) is 3.71. The van der Waals surface area contributed by atoms with Crippen LogP contribution in [0.3, 0.4) is 0 Å². The van der Waals surface area contributed by atoms with Gasteiger partial charge in [0.15, 0.2) is 16.5 Å². The molecule has 0 saturated carbocycles. The van der Waals surface area contributed by atoms with Crippen LogP contribution in [-0.2, 0) is 0 Å². The standard InChI is InChI=1S/C17H12N2O3S/c1-22-14-8-4-5-10(15(14)20)9-13-16(21)23-17-18-11-6-2-3-7-12(11)19(13)17/h2-9,20H,1H3/b13-9+. The Balaban J connectivity index is 2.09. The molecule has 0 atom stereocenters. The maximum absolute atomic E-state index is 12.3. The quantitative estimate of drug-likeness (QED) is 0.614. The van der Waals surface area contributed by atoms with Crippen LogP contribution >= 0.6 is 11.3 Å². The molecule has 0 amide bonds. The number of para-hydroxylation sites is 3. The molecule has 23 heavy (non-hydrogen) atoms. The molecule has 0 aliphatic rings. The third kappa shape index (κ3) is 2.07. The first-order valence-electron chi connectivity index (χ1n) is 6.97. The zero-order valence-electron chi connectivity index (χ0n) is 12.2. The smallest absolute Gasteiger partial charge is 0.259 e. The Kier molecular flexibility index (Phi) is 3.06. The molecule has 0 unspecified atom stereocenters. The first-order chi connectivity index (χ1) is 11.2. The normalized spacial score (nSPS) is 12.3. The number of fused-ring (bicyclic) bond motifs is 3. The summed E-state index contributed by atoms with van der Waals surface area (Å²) in [5.41, 5.74) is 2.23. The molecule has 0 aliphatic carbocycles. The van der Waals surface area contributed by atoms with Gasteiger partial charge in [0.2, 0.25) is 0 Å². The molecular weight excluding hydrogens is 312 g/mol. The number of phenolic OH excluding ortho intramolecular Hbond substituents is 1. The van der Waals surface area contributed by atoms with Crippen molar-refractivity contribution < 1.29 is 9.84 Å². The topological polar surface area (TPSA) is 63.8 Å². The maximum Gasteiger partial charge on any atom is 0.259 e. The molecule has 0 fully saturated rings. The highest BCUT2D eigenvalue weighted by molar-refractivity contribution is 7.14. The van der Waals surface area contributed by atoms with E-state index in [1.165, 1.54) is 7.11 Å². The average Bonchev–Trinajstić information content (AvgIpc) is 3.05. The van der Waals surface area contributed by atoms with E-state index in [2.05, 4.69) is 4.98 Å². The van der Waals surface area contributed by atoms with E-state index in [0.29, 0.717) is 21.6 Å². The van der Waals surface area contributed by atoms with Crippen LogP contribution in [0.5, 0.6) is 11.5 Å². The molecule has 0 aliphatic heterocycles. The van der Waals surface area contributed by atoms with Gasteiger partial charge < -0.3 is 9.84 Å². The number of rotatable bonds is 2. The number of ether oxygens (including phenoxy) is 1. The van der Waals surface area contributed by atoms with Crippen molar-refractivity contribution in [3.05, 3.63) is 62.9 Å². The van der Waals surface area contributed by atoms with Crippen molar-refractivity contribution in [3.8, 4) is 11.5 Å². The molecule has 4 aromatic rings. The monoisotopic (exact) mass is 324 g/mol. The van der Waals surface area contributed by atoms with Gasteiger partial charge in [-0.1, -0.05) is 35.6 Å². The van der Waals surface area contributed by atoms with Crippen molar-refractivity contribution in [1.82, 2.24) is 9.38 Å². The van der Waals surface area contributed by atoms with Gasteiger partial charge in [-0.05, 0) is 24.3 Å². The van der Waals surface area contributed by atoms with E-state index < -0.39 is 0 Å². The maximum atomic E-state index is 12.3. The largest absolute Gasteiger partial charge is 0.504 e. The number of nitrogens with zero attached hydrogens (tertiary/aromatic N) is 2. The number of hydrogen-bond donors (Lipinski definition) is 1. The Morgan fingerprint density at radius 3 is 2.87 bits per heavy atom. The molecule has 0 saturated heterocycles. The lowest BCUT2D eigenvalue weighted by atomic mass is 10.1. The molecule has 0 spiro atoms. The molecule has 4 rings (SSSR count). The SMILES string of the molecule is COc1cccc(/C=c2\c(=O)sc3nc4ccccc4n23)c1O. The number of thiazole rings is 1. The summed E-state index contributed by atoms with van der Waals surface area (Å²) in [4.78, 5) is 17.4. The minimum absolute atomic E-state index is 0.0122. The molecule has 114 valence electrons. The minimum Gasteiger partial charge on any atom is -0.504 e. The van der Waals surface area contributed by atoms with Gasteiger partial charge in [0, 0.05) is 5.56 Å². The second kappa shape index (κ2) is 5.10. The van der Waals surface area contributed by atoms with Crippen LogP contribution in [0.25, 0.3) is 22.1 Å². The zero-order chi connectivity index (χ0) is 16.0. The Labute approximate surface area is 134 Å². The van der Waals surface area contributed by atoms with Crippen LogP contribution < -0.4 is 14.8 Å². The Morgan fingerprint density at radius 2 is 2.04 bits per heavy atom. The van der Waals surface area contributed by atoms with E-state index in [-0.39, 0.29) is 10.5 Å². The second-order valence-corrected chi connectivity index (χ2v) is 5.98. The summed E-state index contributed by atoms with van der Waals surface area (Å²) in [5.74, 6) is 0.381. The summed E-state index contributed by atoms with van der Waals surface area (Å²) < 4.78 is 6.84. The van der Waals surface area contributed by atoms with Crippen molar-refractivity contribution in [2.24, 2.45) is 0 Å². The van der Waals surface area contributed by atoms with E-state index in [1.807, 2.05) is 28.7 Å². The Morgan fingerprint density at radius 1 is 1.22 bits per heavy atom. The van der Waals surface area contributed by atoms with Crippen LogP contribution in [0, 0.1) is 0 Å². The van der Waals surface area contributed by atoms with Gasteiger partial charge >= 0.3 is 0 Å². The van der Waals surface area contributed by atoms with Gasteiger partial charge in [0.05, 0.1) is 18.1 Å². The minimum atomic E-state index is -0.0968. The molecule has 0 bridgehead atoms. The van der Waals surface area contributed by atoms with E-state index in [4.69, 9.17) is 4.74 Å². The first kappa shape index (κ1) is 13.8. The lowest BCUT2D eigenvalue weighted by molar-refractivity contribution is 0.373. The number of benzene rings is 2. The van der Waals surface area contributed by atoms with Gasteiger partial charge in [-0.2, -0.15) is 0 Å². The molecule has 2 aromatic carbocycles. The fourth-order valence-corrected chi connectivity index (χ4v) is 3.48. The van der Waals surface area contributed by atoms with Crippen molar-refractivity contribution in [3.63, 3.8) is 0 Å². The van der Waals surface area contributed by atoms with Gasteiger partial charge in [0.25, 0.3) is 4.74 Å². The number of aromatic hydroxyl groups is 1. The molecular formula is C17H12N2O3S. The van der Waals surface area contributed by atoms with E-state index in [9.17, 15) is 9.90 Å². The summed E-state index contributed by atoms with van der Waals surface area (Å²) in [6, 6.07) is 12.8. The molecule has 1 N–H and O–H groups in total. The summed E-state index contributed by atoms with van der Waals surface area (Å²) in [5, 5.41) is 10.7. The number of phenols is 1. The number of hydrogen-bond acceptors (Lipinski definition) is 5. The Hall–Kier alpha value is -2.86. The molecule has 2 aromatic heterocycles. The van der Waals surface area contributed by atoms with Gasteiger partial charge in [-0.3, -0.25) is 9.20 Å². The average molecular weight is 324 g/mol. The van der Waals surface area contributed by atoms with Crippen LogP contribution in [0.4, 0.5) is 0 Å². The fourth-order valence-electron chi connectivity index (χ4n) is 2.62. The summed E-state index contributed by atoms with van der Waals surface area (Å²) in [6.45, 7) is 0. The second-order valence-electron chi connectivity index (χ2n) is 5.04. The van der Waals surface area contributed by atoms with Crippen LogP contribution in [0.15, 0.2) is 47.3 Å². The number of methoxy groups -OCH3 is 1. The van der Waals surface area contributed by atoms with E-state index in [0.717, 1.165) is 22.4 Å². The van der Waals surface area contributed by atoms with Crippen LogP contribution in [-0.4, -0.2) is 21.6 Å². The first-order valence-corrected chi connectivity index (χ1v) is 7.78. The highest BCUT2D eigenvalue weighted by Gasteiger charge is 2.11. The fraction of sp³-hybridized carbons (Fsp3) is 0.0588. The summed E-state index contributed by atoms with van der Waals surface area (Å²) in [7, 11) is 1.49. The number of imidazole rings is 1. The Bertz CT molecular complexity index is 1140. The third-order valence-corrected chi connectivity index (χ3v) is 4.56. The van der Waals surface area contributed by atoms with Crippen molar-refractivity contribution in [2.75, 3.05) is 7.11 Å². The van der Waals surface area contributed by atoms with Crippen molar-refractivity contribution in [2.45, 2.75) is 0 Å².